The van der Waals surface area contributed by atoms with Gasteiger partial charge >= 0.3 is 0 Å². The van der Waals surface area contributed by atoms with Gasteiger partial charge in [-0.1, -0.05) is 0 Å². The van der Waals surface area contributed by atoms with Crippen LogP contribution >= 0.6 is 0 Å². The fourth-order valence-corrected chi connectivity index (χ4v) is 1.31. The van der Waals surface area contributed by atoms with E-state index in [-0.39, 0.29) is 5.60 Å². The first-order chi connectivity index (χ1) is 5.53. The Balaban J connectivity index is 2.02. The maximum Gasteiger partial charge on any atom is 0.0650 e. The topological polar surface area (TPSA) is 23.5 Å². The zero-order valence-electron chi connectivity index (χ0n) is 8.51. The fourth-order valence-electron chi connectivity index (χ4n) is 1.31. The van der Waals surface area contributed by atoms with E-state index in [1.54, 1.807) is 0 Å². The van der Waals surface area contributed by atoms with Crippen molar-refractivity contribution in [2.75, 3.05) is 13.6 Å². The SMILES string of the molecule is CC(C)N(C)CCCC1(O)CC1. The average molecular weight is 171 g/mol. The molecule has 0 amide bonds. The van der Waals surface area contributed by atoms with Crippen LogP contribution in [0.2, 0.25) is 0 Å². The van der Waals surface area contributed by atoms with Crippen LogP contribution in [0.5, 0.6) is 0 Å². The zero-order chi connectivity index (χ0) is 9.19. The lowest BCUT2D eigenvalue weighted by molar-refractivity contribution is 0.130. The van der Waals surface area contributed by atoms with Gasteiger partial charge in [-0.25, -0.2) is 0 Å². The molecule has 2 heteroatoms. The number of nitrogens with zero attached hydrogens (tertiary/aromatic N) is 1. The minimum absolute atomic E-state index is 0.252. The van der Waals surface area contributed by atoms with Crippen LogP contribution in [0.15, 0.2) is 0 Å². The third-order valence-electron chi connectivity index (χ3n) is 2.86. The van der Waals surface area contributed by atoms with Crippen molar-refractivity contribution in [3.63, 3.8) is 0 Å². The molecule has 0 saturated heterocycles. The highest BCUT2D eigenvalue weighted by molar-refractivity contribution is 4.92. The number of hydrogen-bond acceptors (Lipinski definition) is 2. The lowest BCUT2D eigenvalue weighted by Crippen LogP contribution is -2.28. The van der Waals surface area contributed by atoms with Gasteiger partial charge in [0.1, 0.15) is 0 Å². The first kappa shape index (κ1) is 10.0. The number of aliphatic hydroxyl groups is 1. The molecule has 1 fully saturated rings. The summed E-state index contributed by atoms with van der Waals surface area (Å²) in [6, 6.07) is 0.624. The monoisotopic (exact) mass is 171 g/mol. The summed E-state index contributed by atoms with van der Waals surface area (Å²) in [4.78, 5) is 2.33. The molecule has 0 atom stereocenters. The van der Waals surface area contributed by atoms with Crippen molar-refractivity contribution in [3.8, 4) is 0 Å². The molecule has 0 aliphatic heterocycles. The van der Waals surface area contributed by atoms with Crippen LogP contribution in [-0.4, -0.2) is 35.2 Å². The van der Waals surface area contributed by atoms with E-state index in [1.807, 2.05) is 0 Å². The maximum atomic E-state index is 9.56. The van der Waals surface area contributed by atoms with E-state index < -0.39 is 0 Å². The number of hydrogen-bond donors (Lipinski definition) is 1. The summed E-state index contributed by atoms with van der Waals surface area (Å²) in [5, 5.41) is 9.56. The average Bonchev–Trinajstić information content (AvgIpc) is 2.68. The molecule has 1 saturated carbocycles. The molecule has 1 aliphatic carbocycles. The van der Waals surface area contributed by atoms with Crippen molar-refractivity contribution in [1.82, 2.24) is 4.90 Å². The van der Waals surface area contributed by atoms with Gasteiger partial charge in [-0.3, -0.25) is 0 Å². The molecule has 0 aromatic rings. The minimum Gasteiger partial charge on any atom is -0.390 e. The first-order valence-electron chi connectivity index (χ1n) is 4.96. The van der Waals surface area contributed by atoms with E-state index in [9.17, 15) is 5.11 Å². The van der Waals surface area contributed by atoms with Crippen LogP contribution in [-0.2, 0) is 0 Å². The molecule has 0 unspecified atom stereocenters. The Labute approximate surface area is 75.6 Å². The maximum absolute atomic E-state index is 9.56. The largest absolute Gasteiger partial charge is 0.390 e. The van der Waals surface area contributed by atoms with Crippen molar-refractivity contribution in [1.29, 1.82) is 0 Å². The predicted molar refractivity (Wildman–Crippen MR) is 51.2 cm³/mol. The van der Waals surface area contributed by atoms with Crippen molar-refractivity contribution in [3.05, 3.63) is 0 Å². The second-order valence-electron chi connectivity index (χ2n) is 4.40. The van der Waals surface area contributed by atoms with Crippen LogP contribution in [0.1, 0.15) is 39.5 Å². The predicted octanol–water partition coefficient (Wildman–Crippen LogP) is 1.63. The van der Waals surface area contributed by atoms with E-state index in [4.69, 9.17) is 0 Å². The second kappa shape index (κ2) is 3.75. The lowest BCUT2D eigenvalue weighted by atomic mass is 10.1. The van der Waals surface area contributed by atoms with Crippen molar-refractivity contribution >= 4 is 0 Å². The summed E-state index contributed by atoms with van der Waals surface area (Å²) in [5.74, 6) is 0. The summed E-state index contributed by atoms with van der Waals surface area (Å²) in [5.41, 5.74) is -0.252. The van der Waals surface area contributed by atoms with Gasteiger partial charge in [0.25, 0.3) is 0 Å². The Morgan fingerprint density at radius 1 is 1.42 bits per heavy atom. The number of rotatable bonds is 5. The molecule has 12 heavy (non-hydrogen) atoms. The molecule has 1 N–H and O–H groups in total. The third kappa shape index (κ3) is 3.11. The lowest BCUT2D eigenvalue weighted by Gasteiger charge is -2.21. The zero-order valence-corrected chi connectivity index (χ0v) is 8.51. The molecule has 0 aromatic heterocycles. The summed E-state index contributed by atoms with van der Waals surface area (Å²) < 4.78 is 0. The fraction of sp³-hybridized carbons (Fsp3) is 1.00. The normalized spacial score (nSPS) is 20.5. The Morgan fingerprint density at radius 3 is 2.42 bits per heavy atom. The third-order valence-corrected chi connectivity index (χ3v) is 2.86. The summed E-state index contributed by atoms with van der Waals surface area (Å²) >= 11 is 0. The Bertz CT molecular complexity index is 141. The summed E-state index contributed by atoms with van der Waals surface area (Å²) in [6.07, 6.45) is 4.17. The highest BCUT2D eigenvalue weighted by Crippen LogP contribution is 2.39. The van der Waals surface area contributed by atoms with Crippen LogP contribution in [0.25, 0.3) is 0 Å². The molecular weight excluding hydrogens is 150 g/mol. The van der Waals surface area contributed by atoms with Gasteiger partial charge in [0.2, 0.25) is 0 Å². The molecule has 72 valence electrons. The molecule has 2 nitrogen and oxygen atoms in total. The van der Waals surface area contributed by atoms with E-state index in [0.717, 1.165) is 32.2 Å². The molecule has 0 radical (unpaired) electrons. The van der Waals surface area contributed by atoms with E-state index in [0.29, 0.717) is 6.04 Å². The van der Waals surface area contributed by atoms with Crippen LogP contribution in [0.4, 0.5) is 0 Å². The highest BCUT2D eigenvalue weighted by Gasteiger charge is 2.39. The standard InChI is InChI=1S/C10H21NO/c1-9(2)11(3)8-4-5-10(12)6-7-10/h9,12H,4-8H2,1-3H3. The van der Waals surface area contributed by atoms with Gasteiger partial charge < -0.3 is 10.0 Å². The molecule has 0 bridgehead atoms. The van der Waals surface area contributed by atoms with Crippen molar-refractivity contribution < 1.29 is 5.11 Å². The van der Waals surface area contributed by atoms with Gasteiger partial charge in [0.15, 0.2) is 0 Å². The first-order valence-corrected chi connectivity index (χ1v) is 4.96. The van der Waals surface area contributed by atoms with Gasteiger partial charge in [-0.05, 0) is 53.1 Å². The highest BCUT2D eigenvalue weighted by atomic mass is 16.3. The second-order valence-corrected chi connectivity index (χ2v) is 4.40. The molecule has 1 aliphatic rings. The van der Waals surface area contributed by atoms with Gasteiger partial charge in [0.05, 0.1) is 5.60 Å². The Morgan fingerprint density at radius 2 is 2.00 bits per heavy atom. The molecule has 0 heterocycles. The Hall–Kier alpha value is -0.0800. The smallest absolute Gasteiger partial charge is 0.0650 e. The van der Waals surface area contributed by atoms with Crippen LogP contribution < -0.4 is 0 Å². The quantitative estimate of drug-likeness (QED) is 0.679. The van der Waals surface area contributed by atoms with E-state index in [1.165, 1.54) is 0 Å². The van der Waals surface area contributed by atoms with Gasteiger partial charge in [-0.15, -0.1) is 0 Å². The van der Waals surface area contributed by atoms with Crippen LogP contribution in [0, 0.1) is 0 Å². The molecule has 0 spiro atoms. The van der Waals surface area contributed by atoms with Gasteiger partial charge in [-0.2, -0.15) is 0 Å². The summed E-state index contributed by atoms with van der Waals surface area (Å²) in [7, 11) is 2.14. The molecule has 1 rings (SSSR count). The Kier molecular flexibility index (Phi) is 3.13. The minimum atomic E-state index is -0.252. The van der Waals surface area contributed by atoms with Crippen molar-refractivity contribution in [2.24, 2.45) is 0 Å². The summed E-state index contributed by atoms with van der Waals surface area (Å²) in [6.45, 7) is 5.51. The molecular formula is C10H21NO. The molecule has 0 aromatic carbocycles. The van der Waals surface area contributed by atoms with Gasteiger partial charge in [0, 0.05) is 6.04 Å². The van der Waals surface area contributed by atoms with Crippen LogP contribution in [0.3, 0.4) is 0 Å². The van der Waals surface area contributed by atoms with E-state index >= 15 is 0 Å². The van der Waals surface area contributed by atoms with E-state index in [2.05, 4.69) is 25.8 Å². The van der Waals surface area contributed by atoms with Crippen molar-refractivity contribution in [2.45, 2.75) is 51.2 Å².